The molecule has 1 aromatic rings. The SMILES string of the molecule is CCNC(=O)NC(=O)COC(=O)CNC(=O)c1cccc(OC(F)F)c1. The van der Waals surface area contributed by atoms with Crippen LogP contribution in [0.4, 0.5) is 13.6 Å². The number of alkyl halides is 2. The van der Waals surface area contributed by atoms with Crippen LogP contribution in [0.15, 0.2) is 24.3 Å². The van der Waals surface area contributed by atoms with Crippen LogP contribution in [0.1, 0.15) is 17.3 Å². The van der Waals surface area contributed by atoms with E-state index in [1.807, 2.05) is 5.32 Å². The normalized spacial score (nSPS) is 10.0. The zero-order chi connectivity index (χ0) is 19.5. The van der Waals surface area contributed by atoms with E-state index in [4.69, 9.17) is 0 Å². The molecule has 0 aromatic heterocycles. The van der Waals surface area contributed by atoms with Crippen LogP contribution < -0.4 is 20.7 Å². The average Bonchev–Trinajstić information content (AvgIpc) is 2.57. The van der Waals surface area contributed by atoms with E-state index < -0.39 is 43.6 Å². The Balaban J connectivity index is 2.39. The highest BCUT2D eigenvalue weighted by Gasteiger charge is 2.13. The number of hydrogen-bond acceptors (Lipinski definition) is 6. The molecule has 142 valence electrons. The van der Waals surface area contributed by atoms with Gasteiger partial charge < -0.3 is 20.1 Å². The molecule has 0 aliphatic rings. The van der Waals surface area contributed by atoms with E-state index in [-0.39, 0.29) is 11.3 Å². The summed E-state index contributed by atoms with van der Waals surface area (Å²) in [5.74, 6) is -2.71. The maximum absolute atomic E-state index is 12.1. The van der Waals surface area contributed by atoms with Gasteiger partial charge in [0, 0.05) is 12.1 Å². The maximum atomic E-state index is 12.1. The number of urea groups is 1. The molecule has 0 aliphatic carbocycles. The molecular formula is C15H17F2N3O6. The molecule has 0 radical (unpaired) electrons. The summed E-state index contributed by atoms with van der Waals surface area (Å²) in [5.41, 5.74) is -0.00932. The van der Waals surface area contributed by atoms with E-state index in [0.29, 0.717) is 6.54 Å². The maximum Gasteiger partial charge on any atom is 0.387 e. The number of carbonyl (C=O) groups is 4. The van der Waals surface area contributed by atoms with Crippen LogP contribution in [0, 0.1) is 0 Å². The minimum Gasteiger partial charge on any atom is -0.454 e. The molecule has 1 aromatic carbocycles. The molecule has 0 unspecified atom stereocenters. The summed E-state index contributed by atoms with van der Waals surface area (Å²) >= 11 is 0. The number of esters is 1. The Kier molecular flexibility index (Phi) is 8.47. The fourth-order valence-corrected chi connectivity index (χ4v) is 1.63. The number of hydrogen-bond donors (Lipinski definition) is 3. The van der Waals surface area contributed by atoms with Crippen LogP contribution in [0.25, 0.3) is 0 Å². The minimum atomic E-state index is -3.03. The van der Waals surface area contributed by atoms with Gasteiger partial charge in [0.25, 0.3) is 11.8 Å². The van der Waals surface area contributed by atoms with Crippen molar-refractivity contribution in [1.82, 2.24) is 16.0 Å². The highest BCUT2D eigenvalue weighted by Crippen LogP contribution is 2.15. The van der Waals surface area contributed by atoms with E-state index in [2.05, 4.69) is 20.1 Å². The lowest BCUT2D eigenvalue weighted by molar-refractivity contribution is -0.147. The second-order valence-electron chi connectivity index (χ2n) is 4.66. The van der Waals surface area contributed by atoms with E-state index >= 15 is 0 Å². The molecule has 11 heteroatoms. The van der Waals surface area contributed by atoms with Crippen molar-refractivity contribution in [3.8, 4) is 5.75 Å². The van der Waals surface area contributed by atoms with Crippen molar-refractivity contribution in [3.63, 3.8) is 0 Å². The molecule has 3 N–H and O–H groups in total. The monoisotopic (exact) mass is 373 g/mol. The summed E-state index contributed by atoms with van der Waals surface area (Å²) in [7, 11) is 0. The second-order valence-corrected chi connectivity index (χ2v) is 4.66. The molecule has 0 saturated carbocycles. The zero-order valence-corrected chi connectivity index (χ0v) is 13.7. The summed E-state index contributed by atoms with van der Waals surface area (Å²) in [6.45, 7) is -2.33. The Labute approximate surface area is 147 Å². The molecule has 0 bridgehead atoms. The zero-order valence-electron chi connectivity index (χ0n) is 13.7. The van der Waals surface area contributed by atoms with Crippen molar-refractivity contribution >= 4 is 23.8 Å². The van der Waals surface area contributed by atoms with E-state index in [1.165, 1.54) is 18.2 Å². The van der Waals surface area contributed by atoms with Crippen molar-refractivity contribution in [2.75, 3.05) is 19.7 Å². The van der Waals surface area contributed by atoms with Crippen molar-refractivity contribution in [2.45, 2.75) is 13.5 Å². The largest absolute Gasteiger partial charge is 0.454 e. The summed E-state index contributed by atoms with van der Waals surface area (Å²) in [4.78, 5) is 45.7. The Morgan fingerprint density at radius 3 is 2.54 bits per heavy atom. The molecular weight excluding hydrogens is 356 g/mol. The topological polar surface area (TPSA) is 123 Å². The lowest BCUT2D eigenvalue weighted by Gasteiger charge is -2.08. The third-order valence-corrected chi connectivity index (χ3v) is 2.67. The van der Waals surface area contributed by atoms with Gasteiger partial charge >= 0.3 is 18.6 Å². The highest BCUT2D eigenvalue weighted by atomic mass is 19.3. The first-order valence-electron chi connectivity index (χ1n) is 7.38. The van der Waals surface area contributed by atoms with Gasteiger partial charge in [-0.15, -0.1) is 0 Å². The van der Waals surface area contributed by atoms with E-state index in [1.54, 1.807) is 6.92 Å². The predicted molar refractivity (Wildman–Crippen MR) is 83.6 cm³/mol. The van der Waals surface area contributed by atoms with Crippen molar-refractivity contribution < 1.29 is 37.4 Å². The third-order valence-electron chi connectivity index (χ3n) is 2.67. The molecule has 26 heavy (non-hydrogen) atoms. The van der Waals surface area contributed by atoms with Crippen LogP contribution in [0.2, 0.25) is 0 Å². The van der Waals surface area contributed by atoms with Gasteiger partial charge in [-0.05, 0) is 25.1 Å². The number of amides is 4. The Bertz CT molecular complexity index is 669. The molecule has 4 amide bonds. The van der Waals surface area contributed by atoms with E-state index in [0.717, 1.165) is 6.07 Å². The second kappa shape index (κ2) is 10.6. The summed E-state index contributed by atoms with van der Waals surface area (Å²) in [5, 5.41) is 6.43. The smallest absolute Gasteiger partial charge is 0.387 e. The van der Waals surface area contributed by atoms with Gasteiger partial charge in [0.2, 0.25) is 0 Å². The van der Waals surface area contributed by atoms with Gasteiger partial charge in [-0.1, -0.05) is 6.07 Å². The Morgan fingerprint density at radius 2 is 1.88 bits per heavy atom. The Hall–Kier alpha value is -3.24. The minimum absolute atomic E-state index is 0.00932. The van der Waals surface area contributed by atoms with Crippen LogP contribution in [-0.4, -0.2) is 50.1 Å². The van der Waals surface area contributed by atoms with Crippen molar-refractivity contribution in [1.29, 1.82) is 0 Å². The third kappa shape index (κ3) is 8.04. The van der Waals surface area contributed by atoms with Crippen molar-refractivity contribution in [2.24, 2.45) is 0 Å². The Morgan fingerprint density at radius 1 is 1.15 bits per heavy atom. The molecule has 9 nitrogen and oxygen atoms in total. The van der Waals surface area contributed by atoms with Gasteiger partial charge in [0.15, 0.2) is 6.61 Å². The predicted octanol–water partition coefficient (Wildman–Crippen LogP) is 0.407. The van der Waals surface area contributed by atoms with Gasteiger partial charge in [-0.2, -0.15) is 8.78 Å². The van der Waals surface area contributed by atoms with Gasteiger partial charge in [0.05, 0.1) is 0 Å². The van der Waals surface area contributed by atoms with Crippen LogP contribution in [0.3, 0.4) is 0 Å². The first-order chi connectivity index (χ1) is 12.3. The first kappa shape index (κ1) is 20.8. The quantitative estimate of drug-likeness (QED) is 0.567. The number of imide groups is 1. The lowest BCUT2D eigenvalue weighted by atomic mass is 10.2. The fraction of sp³-hybridized carbons (Fsp3) is 0.333. The fourth-order valence-electron chi connectivity index (χ4n) is 1.63. The number of nitrogens with one attached hydrogen (secondary N) is 3. The van der Waals surface area contributed by atoms with Crippen molar-refractivity contribution in [3.05, 3.63) is 29.8 Å². The molecule has 0 fully saturated rings. The number of benzene rings is 1. The summed E-state index contributed by atoms with van der Waals surface area (Å²) in [6, 6.07) is 4.25. The van der Waals surface area contributed by atoms with Gasteiger partial charge in [0.1, 0.15) is 12.3 Å². The van der Waals surface area contributed by atoms with Gasteiger partial charge in [-0.3, -0.25) is 19.7 Å². The van der Waals surface area contributed by atoms with Crippen LogP contribution >= 0.6 is 0 Å². The van der Waals surface area contributed by atoms with E-state index in [9.17, 15) is 28.0 Å². The number of halogens is 2. The molecule has 0 heterocycles. The highest BCUT2D eigenvalue weighted by molar-refractivity contribution is 5.97. The average molecular weight is 373 g/mol. The van der Waals surface area contributed by atoms with Gasteiger partial charge in [-0.25, -0.2) is 4.79 Å². The molecule has 0 aliphatic heterocycles. The standard InChI is InChI=1S/C15H17F2N3O6/c1-2-18-15(24)20-11(21)8-25-12(22)7-19-13(23)9-4-3-5-10(6-9)26-14(16)17/h3-6,14H,2,7-8H2,1H3,(H,19,23)(H2,18,20,21,24). The molecule has 0 spiro atoms. The molecule has 0 saturated heterocycles. The number of rotatable bonds is 8. The van der Waals surface area contributed by atoms with Crippen LogP contribution in [-0.2, 0) is 14.3 Å². The lowest BCUT2D eigenvalue weighted by Crippen LogP contribution is -2.41. The first-order valence-corrected chi connectivity index (χ1v) is 7.38. The van der Waals surface area contributed by atoms with Crippen LogP contribution in [0.5, 0.6) is 5.75 Å². The molecule has 1 rings (SSSR count). The number of carbonyl (C=O) groups excluding carboxylic acids is 4. The molecule has 0 atom stereocenters. The number of ether oxygens (including phenoxy) is 2. The summed E-state index contributed by atoms with van der Waals surface area (Å²) in [6.07, 6.45) is 0. The summed E-state index contributed by atoms with van der Waals surface area (Å²) < 4.78 is 33.0.